The number of benzene rings is 3. The van der Waals surface area contributed by atoms with E-state index in [1.54, 1.807) is 23.1 Å². The Kier molecular flexibility index (Phi) is 4.94. The molecule has 1 aliphatic heterocycles. The minimum atomic E-state index is -0.680. The number of amides is 1. The van der Waals surface area contributed by atoms with E-state index in [9.17, 15) is 19.7 Å². The van der Waals surface area contributed by atoms with E-state index < -0.39 is 11.0 Å². The van der Waals surface area contributed by atoms with Crippen molar-refractivity contribution in [3.8, 4) is 0 Å². The molecule has 33 heavy (non-hydrogen) atoms. The summed E-state index contributed by atoms with van der Waals surface area (Å²) in [5.41, 5.74) is 0.970. The number of hydrogen-bond acceptors (Lipinski definition) is 6. The lowest BCUT2D eigenvalue weighted by atomic mass is 9.97. The van der Waals surface area contributed by atoms with Crippen LogP contribution in [0, 0.1) is 10.1 Å². The van der Waals surface area contributed by atoms with E-state index in [4.69, 9.17) is 4.42 Å². The fourth-order valence-corrected chi connectivity index (χ4v) is 4.41. The molecule has 0 N–H and O–H groups in total. The lowest BCUT2D eigenvalue weighted by molar-refractivity contribution is -0.384. The molecule has 1 atom stereocenters. The summed E-state index contributed by atoms with van der Waals surface area (Å²) in [5, 5.41) is 13.2. The van der Waals surface area contributed by atoms with Gasteiger partial charge < -0.3 is 14.2 Å². The topological polar surface area (TPSA) is 96.9 Å². The van der Waals surface area contributed by atoms with Crippen LogP contribution in [0.4, 0.5) is 5.69 Å². The van der Waals surface area contributed by atoms with Crippen LogP contribution in [0.3, 0.4) is 0 Å². The molecule has 0 fully saturated rings. The van der Waals surface area contributed by atoms with Crippen LogP contribution >= 0.6 is 0 Å². The largest absolute Gasteiger partial charge is 0.450 e. The highest BCUT2D eigenvalue weighted by Gasteiger charge is 2.42. The average molecular weight is 443 g/mol. The summed E-state index contributed by atoms with van der Waals surface area (Å²) < 4.78 is 6.15. The molecule has 8 heteroatoms. The number of non-ortho nitro benzene ring substituents is 1. The first kappa shape index (κ1) is 20.8. The van der Waals surface area contributed by atoms with E-state index in [0.29, 0.717) is 29.6 Å². The molecule has 0 saturated carbocycles. The fraction of sp³-hybridized carbons (Fsp3) is 0.200. The van der Waals surface area contributed by atoms with Crippen molar-refractivity contribution < 1.29 is 14.1 Å². The molecule has 0 aliphatic carbocycles. The van der Waals surface area contributed by atoms with E-state index in [0.717, 1.165) is 10.8 Å². The van der Waals surface area contributed by atoms with Crippen LogP contribution in [0.25, 0.3) is 21.7 Å². The van der Waals surface area contributed by atoms with Gasteiger partial charge in [0.2, 0.25) is 5.76 Å². The van der Waals surface area contributed by atoms with Gasteiger partial charge in [0.15, 0.2) is 5.43 Å². The molecule has 3 aromatic carbocycles. The summed E-state index contributed by atoms with van der Waals surface area (Å²) in [6.45, 7) is 0.952. The van der Waals surface area contributed by atoms with Gasteiger partial charge in [-0.25, -0.2) is 0 Å². The van der Waals surface area contributed by atoms with Gasteiger partial charge in [0, 0.05) is 30.6 Å². The predicted octanol–water partition coefficient (Wildman–Crippen LogP) is 3.96. The second kappa shape index (κ2) is 7.83. The number of hydrogen-bond donors (Lipinski definition) is 0. The van der Waals surface area contributed by atoms with Gasteiger partial charge in [-0.1, -0.05) is 30.3 Å². The van der Waals surface area contributed by atoms with Gasteiger partial charge in [-0.3, -0.25) is 19.7 Å². The number of carbonyl (C=O) groups is 1. The lowest BCUT2D eigenvalue weighted by Gasteiger charge is -2.26. The Morgan fingerprint density at radius 3 is 2.42 bits per heavy atom. The molecule has 8 nitrogen and oxygen atoms in total. The number of nitrogens with zero attached hydrogens (tertiary/aromatic N) is 3. The number of likely N-dealkylation sites (N-methyl/N-ethyl adjacent to an activating group) is 1. The van der Waals surface area contributed by atoms with Crippen molar-refractivity contribution in [2.24, 2.45) is 0 Å². The second-order valence-corrected chi connectivity index (χ2v) is 8.39. The third kappa shape index (κ3) is 3.35. The Bertz CT molecular complexity index is 1470. The molecule has 0 saturated heterocycles. The molecule has 5 rings (SSSR count). The maximum absolute atomic E-state index is 13.7. The number of nitro benzene ring substituents is 1. The zero-order chi connectivity index (χ0) is 23.3. The zero-order valence-corrected chi connectivity index (χ0v) is 18.1. The first-order chi connectivity index (χ1) is 15.9. The summed E-state index contributed by atoms with van der Waals surface area (Å²) in [6.07, 6.45) is 0. The minimum Gasteiger partial charge on any atom is -0.450 e. The van der Waals surface area contributed by atoms with Crippen molar-refractivity contribution in [3.63, 3.8) is 0 Å². The van der Waals surface area contributed by atoms with Crippen LogP contribution in [-0.2, 0) is 0 Å². The molecule has 0 radical (unpaired) electrons. The highest BCUT2D eigenvalue weighted by Crippen LogP contribution is 2.39. The van der Waals surface area contributed by atoms with E-state index >= 15 is 0 Å². The van der Waals surface area contributed by atoms with Gasteiger partial charge in [0.25, 0.3) is 11.6 Å². The van der Waals surface area contributed by atoms with Gasteiger partial charge in [-0.2, -0.15) is 0 Å². The van der Waals surface area contributed by atoms with Crippen LogP contribution < -0.4 is 5.43 Å². The predicted molar refractivity (Wildman–Crippen MR) is 125 cm³/mol. The number of rotatable bonds is 5. The van der Waals surface area contributed by atoms with Crippen LogP contribution in [0.5, 0.6) is 0 Å². The van der Waals surface area contributed by atoms with Crippen molar-refractivity contribution in [2.75, 3.05) is 27.2 Å². The Morgan fingerprint density at radius 2 is 1.73 bits per heavy atom. The maximum atomic E-state index is 13.7. The van der Waals surface area contributed by atoms with Crippen LogP contribution in [0.1, 0.15) is 27.7 Å². The van der Waals surface area contributed by atoms with E-state index in [1.165, 1.54) is 12.1 Å². The Morgan fingerprint density at radius 1 is 1.00 bits per heavy atom. The van der Waals surface area contributed by atoms with Crippen molar-refractivity contribution in [1.82, 2.24) is 9.80 Å². The molecule has 0 spiro atoms. The summed E-state index contributed by atoms with van der Waals surface area (Å²) in [6, 6.07) is 16.4. The SMILES string of the molecule is CN(C)CCN1C(=O)c2oc3c(ccc4ccccc43)c(=O)c2C1c1ccc([N+](=O)[O-])cc1. The number of carbonyl (C=O) groups excluding carboxylic acids is 1. The van der Waals surface area contributed by atoms with Crippen molar-refractivity contribution in [1.29, 1.82) is 0 Å². The Labute approximate surface area is 188 Å². The zero-order valence-electron chi connectivity index (χ0n) is 18.1. The van der Waals surface area contributed by atoms with Gasteiger partial charge in [-0.05, 0) is 43.2 Å². The fourth-order valence-electron chi connectivity index (χ4n) is 4.41. The highest BCUT2D eigenvalue weighted by molar-refractivity contribution is 6.06. The van der Waals surface area contributed by atoms with Gasteiger partial charge >= 0.3 is 0 Å². The van der Waals surface area contributed by atoms with E-state index in [-0.39, 0.29) is 28.3 Å². The average Bonchev–Trinajstić information content (AvgIpc) is 3.09. The molecule has 1 unspecified atom stereocenters. The highest BCUT2D eigenvalue weighted by atomic mass is 16.6. The molecular formula is C25H21N3O5. The van der Waals surface area contributed by atoms with Crippen LogP contribution in [-0.4, -0.2) is 47.8 Å². The summed E-state index contributed by atoms with van der Waals surface area (Å²) in [7, 11) is 3.80. The van der Waals surface area contributed by atoms with E-state index in [2.05, 4.69) is 0 Å². The minimum absolute atomic E-state index is 0.0333. The third-order valence-electron chi connectivity index (χ3n) is 6.07. The summed E-state index contributed by atoms with van der Waals surface area (Å²) in [5.74, 6) is -0.326. The maximum Gasteiger partial charge on any atom is 0.290 e. The monoisotopic (exact) mass is 443 g/mol. The number of fused-ring (bicyclic) bond motifs is 4. The summed E-state index contributed by atoms with van der Waals surface area (Å²) >= 11 is 0. The Hall–Kier alpha value is -4.04. The van der Waals surface area contributed by atoms with Gasteiger partial charge in [0.1, 0.15) is 5.58 Å². The summed E-state index contributed by atoms with van der Waals surface area (Å²) in [4.78, 5) is 41.3. The molecular weight excluding hydrogens is 422 g/mol. The quantitative estimate of drug-likeness (QED) is 0.263. The first-order valence-electron chi connectivity index (χ1n) is 10.6. The lowest BCUT2D eigenvalue weighted by Crippen LogP contribution is -2.35. The second-order valence-electron chi connectivity index (χ2n) is 8.39. The third-order valence-corrected chi connectivity index (χ3v) is 6.07. The molecule has 1 aromatic heterocycles. The molecule has 166 valence electrons. The molecule has 4 aromatic rings. The standard InChI is InChI=1S/C25H21N3O5/c1-26(2)13-14-27-21(16-7-10-17(11-8-16)28(31)32)20-22(29)19-12-9-15-5-3-4-6-18(15)23(19)33-24(20)25(27)30/h3-12,21H,13-14H2,1-2H3. The molecule has 0 bridgehead atoms. The van der Waals surface area contributed by atoms with Crippen molar-refractivity contribution >= 4 is 33.3 Å². The molecule has 1 amide bonds. The molecule has 2 heterocycles. The van der Waals surface area contributed by atoms with Crippen molar-refractivity contribution in [3.05, 3.63) is 97.9 Å². The van der Waals surface area contributed by atoms with Gasteiger partial charge in [-0.15, -0.1) is 0 Å². The smallest absolute Gasteiger partial charge is 0.290 e. The first-order valence-corrected chi connectivity index (χ1v) is 10.6. The van der Waals surface area contributed by atoms with E-state index in [1.807, 2.05) is 49.3 Å². The van der Waals surface area contributed by atoms with Crippen LogP contribution in [0.2, 0.25) is 0 Å². The number of nitro groups is 1. The Balaban J connectivity index is 1.75. The normalized spacial score (nSPS) is 15.5. The molecule has 1 aliphatic rings. The van der Waals surface area contributed by atoms with Crippen LogP contribution in [0.15, 0.2) is 69.9 Å². The van der Waals surface area contributed by atoms with Crippen molar-refractivity contribution in [2.45, 2.75) is 6.04 Å². The van der Waals surface area contributed by atoms with Gasteiger partial charge in [0.05, 0.1) is 21.9 Å².